The largest absolute Gasteiger partial charge is 0.444 e. The normalized spacial score (nSPS) is 11.4. The first-order valence-electron chi connectivity index (χ1n) is 6.27. The van der Waals surface area contributed by atoms with E-state index in [-0.39, 0.29) is 18.0 Å². The molecule has 0 aliphatic rings. The fraction of sp³-hybridized carbons (Fsp3) is 0.462. The summed E-state index contributed by atoms with van der Waals surface area (Å²) in [6.07, 6.45) is 3.41. The molecule has 2 aromatic heterocycles. The number of nitrogens with one attached hydrogen (secondary N) is 2. The molecule has 0 aliphatic heterocycles. The number of nitrogens with zero attached hydrogens (tertiary/aromatic N) is 2. The van der Waals surface area contributed by atoms with Gasteiger partial charge in [-0.15, -0.1) is 11.3 Å². The molecule has 7 heteroatoms. The summed E-state index contributed by atoms with van der Waals surface area (Å²) in [5, 5.41) is 5.95. The fourth-order valence-corrected chi connectivity index (χ4v) is 2.33. The van der Waals surface area contributed by atoms with Crippen molar-refractivity contribution in [1.82, 2.24) is 15.3 Å². The van der Waals surface area contributed by atoms with Crippen LogP contribution in [0.5, 0.6) is 0 Å². The third-order valence-electron chi connectivity index (χ3n) is 2.53. The van der Waals surface area contributed by atoms with E-state index < -0.39 is 0 Å². The second-order valence-corrected chi connectivity index (χ2v) is 6.48. The number of anilines is 1. The molecule has 108 valence electrons. The summed E-state index contributed by atoms with van der Waals surface area (Å²) < 4.78 is 5.27. The van der Waals surface area contributed by atoms with Crippen molar-refractivity contribution in [2.45, 2.75) is 39.7 Å². The van der Waals surface area contributed by atoms with E-state index >= 15 is 0 Å². The summed E-state index contributed by atoms with van der Waals surface area (Å²) in [4.78, 5) is 21.0. The zero-order valence-electron chi connectivity index (χ0n) is 12.0. The van der Waals surface area contributed by atoms with Gasteiger partial charge in [0.2, 0.25) is 5.89 Å². The third-order valence-corrected chi connectivity index (χ3v) is 3.87. The minimum absolute atomic E-state index is 0.0314. The standard InChI is InChI=1S/C13H18N4O2S/c1-8-5-14-10(19-8)7-15-11(18)17-12-16-6-9(20-12)13(2,3)4/h5-6H,7H2,1-4H3,(H2,15,16,17,18). The number of carbonyl (C=O) groups excluding carboxylic acids is 1. The Balaban J connectivity index is 1.87. The van der Waals surface area contributed by atoms with Crippen LogP contribution in [0.25, 0.3) is 0 Å². The predicted molar refractivity (Wildman–Crippen MR) is 77.9 cm³/mol. The number of aromatic nitrogens is 2. The smallest absolute Gasteiger partial charge is 0.321 e. The molecule has 0 saturated carbocycles. The van der Waals surface area contributed by atoms with Crippen LogP contribution in [0.4, 0.5) is 9.93 Å². The molecule has 2 rings (SSSR count). The van der Waals surface area contributed by atoms with Crippen LogP contribution in [0.2, 0.25) is 0 Å². The van der Waals surface area contributed by atoms with Crippen LogP contribution in [-0.2, 0) is 12.0 Å². The van der Waals surface area contributed by atoms with Crippen LogP contribution >= 0.6 is 11.3 Å². The Morgan fingerprint density at radius 2 is 2.10 bits per heavy atom. The molecule has 2 amide bonds. The van der Waals surface area contributed by atoms with Gasteiger partial charge in [0.25, 0.3) is 0 Å². The van der Waals surface area contributed by atoms with Gasteiger partial charge in [-0.1, -0.05) is 20.8 Å². The molecule has 6 nitrogen and oxygen atoms in total. The molecule has 0 saturated heterocycles. The number of amides is 2. The lowest BCUT2D eigenvalue weighted by atomic mass is 9.96. The highest BCUT2D eigenvalue weighted by atomic mass is 32.1. The first kappa shape index (κ1) is 14.5. The van der Waals surface area contributed by atoms with Crippen molar-refractivity contribution in [3.8, 4) is 0 Å². The lowest BCUT2D eigenvalue weighted by Gasteiger charge is -2.14. The van der Waals surface area contributed by atoms with Crippen LogP contribution in [0, 0.1) is 6.92 Å². The number of thiazole rings is 1. The first-order chi connectivity index (χ1) is 9.34. The molecule has 0 aliphatic carbocycles. The van der Waals surface area contributed by atoms with Crippen molar-refractivity contribution in [3.63, 3.8) is 0 Å². The van der Waals surface area contributed by atoms with Gasteiger partial charge < -0.3 is 9.73 Å². The second-order valence-electron chi connectivity index (χ2n) is 5.45. The first-order valence-corrected chi connectivity index (χ1v) is 7.09. The molecular formula is C13H18N4O2S. The van der Waals surface area contributed by atoms with E-state index in [1.165, 1.54) is 11.3 Å². The van der Waals surface area contributed by atoms with Crippen molar-refractivity contribution >= 4 is 22.5 Å². The van der Waals surface area contributed by atoms with Gasteiger partial charge in [0.15, 0.2) is 5.13 Å². The van der Waals surface area contributed by atoms with E-state index in [1.54, 1.807) is 19.3 Å². The molecular weight excluding hydrogens is 276 g/mol. The van der Waals surface area contributed by atoms with Gasteiger partial charge in [-0.25, -0.2) is 14.8 Å². The molecule has 0 radical (unpaired) electrons. The average Bonchev–Trinajstić information content (AvgIpc) is 2.95. The number of aryl methyl sites for hydroxylation is 1. The molecule has 0 aromatic carbocycles. The van der Waals surface area contributed by atoms with Crippen molar-refractivity contribution in [3.05, 3.63) is 28.9 Å². The van der Waals surface area contributed by atoms with Crippen LogP contribution in [0.3, 0.4) is 0 Å². The van der Waals surface area contributed by atoms with E-state index in [9.17, 15) is 4.79 Å². The van der Waals surface area contributed by atoms with Crippen molar-refractivity contribution in [1.29, 1.82) is 0 Å². The summed E-state index contributed by atoms with van der Waals surface area (Å²) >= 11 is 1.47. The summed E-state index contributed by atoms with van der Waals surface area (Å²) in [5.74, 6) is 1.20. The quantitative estimate of drug-likeness (QED) is 0.911. The van der Waals surface area contributed by atoms with E-state index in [2.05, 4.69) is 41.4 Å². The number of rotatable bonds is 3. The lowest BCUT2D eigenvalue weighted by molar-refractivity contribution is 0.250. The zero-order valence-corrected chi connectivity index (χ0v) is 12.8. The number of oxazole rings is 1. The van der Waals surface area contributed by atoms with Crippen molar-refractivity contribution in [2.75, 3.05) is 5.32 Å². The highest BCUT2D eigenvalue weighted by molar-refractivity contribution is 7.15. The minimum Gasteiger partial charge on any atom is -0.444 e. The molecule has 0 spiro atoms. The molecule has 2 N–H and O–H groups in total. The highest BCUT2D eigenvalue weighted by Gasteiger charge is 2.17. The van der Waals surface area contributed by atoms with Gasteiger partial charge in [-0.2, -0.15) is 0 Å². The van der Waals surface area contributed by atoms with Gasteiger partial charge in [0.05, 0.1) is 12.7 Å². The van der Waals surface area contributed by atoms with Crippen LogP contribution in [-0.4, -0.2) is 16.0 Å². The van der Waals surface area contributed by atoms with E-state index in [4.69, 9.17) is 4.42 Å². The van der Waals surface area contributed by atoms with Crippen molar-refractivity contribution in [2.24, 2.45) is 0 Å². The maximum Gasteiger partial charge on any atom is 0.321 e. The topological polar surface area (TPSA) is 80.0 Å². The summed E-state index contributed by atoms with van der Waals surface area (Å²) in [7, 11) is 0. The predicted octanol–water partition coefficient (Wildman–Crippen LogP) is 3.06. The fourth-order valence-electron chi connectivity index (χ4n) is 1.46. The number of hydrogen-bond acceptors (Lipinski definition) is 5. The molecule has 0 unspecified atom stereocenters. The molecule has 20 heavy (non-hydrogen) atoms. The summed E-state index contributed by atoms with van der Waals surface area (Å²) in [6.45, 7) is 8.37. The lowest BCUT2D eigenvalue weighted by Crippen LogP contribution is -2.28. The van der Waals surface area contributed by atoms with E-state index in [0.29, 0.717) is 11.0 Å². The Kier molecular flexibility index (Phi) is 4.08. The highest BCUT2D eigenvalue weighted by Crippen LogP contribution is 2.29. The van der Waals surface area contributed by atoms with Gasteiger partial charge in [0, 0.05) is 11.1 Å². The van der Waals surface area contributed by atoms with E-state index in [0.717, 1.165) is 10.6 Å². The van der Waals surface area contributed by atoms with E-state index in [1.807, 2.05) is 0 Å². The maximum atomic E-state index is 11.7. The Labute approximate surface area is 121 Å². The summed E-state index contributed by atoms with van der Waals surface area (Å²) in [6, 6.07) is -0.323. The molecule has 0 fully saturated rings. The second kappa shape index (κ2) is 5.62. The Morgan fingerprint density at radius 3 is 2.65 bits per heavy atom. The number of carbonyl (C=O) groups is 1. The number of hydrogen-bond donors (Lipinski definition) is 2. The van der Waals surface area contributed by atoms with Gasteiger partial charge in [-0.3, -0.25) is 5.32 Å². The number of urea groups is 1. The third kappa shape index (κ3) is 3.80. The van der Waals surface area contributed by atoms with Gasteiger partial charge in [0.1, 0.15) is 5.76 Å². The Hall–Kier alpha value is -1.89. The molecule has 2 heterocycles. The van der Waals surface area contributed by atoms with Gasteiger partial charge in [-0.05, 0) is 12.3 Å². The summed E-state index contributed by atoms with van der Waals surface area (Å²) in [5.41, 5.74) is 0.0314. The molecule has 0 bridgehead atoms. The van der Waals surface area contributed by atoms with Gasteiger partial charge >= 0.3 is 6.03 Å². The Morgan fingerprint density at radius 1 is 1.35 bits per heavy atom. The molecule has 0 atom stereocenters. The average molecular weight is 294 g/mol. The zero-order chi connectivity index (χ0) is 14.8. The monoisotopic (exact) mass is 294 g/mol. The van der Waals surface area contributed by atoms with Crippen LogP contribution in [0.15, 0.2) is 16.8 Å². The maximum absolute atomic E-state index is 11.7. The minimum atomic E-state index is -0.323. The van der Waals surface area contributed by atoms with Crippen LogP contribution in [0.1, 0.15) is 37.3 Å². The molecule has 2 aromatic rings. The van der Waals surface area contributed by atoms with Crippen molar-refractivity contribution < 1.29 is 9.21 Å². The Bertz CT molecular complexity index is 598. The SMILES string of the molecule is Cc1cnc(CNC(=O)Nc2ncc(C(C)(C)C)s2)o1. The van der Waals surface area contributed by atoms with Crippen LogP contribution < -0.4 is 10.6 Å².